The summed E-state index contributed by atoms with van der Waals surface area (Å²) in [6.07, 6.45) is 2.62. The highest BCUT2D eigenvalue weighted by Crippen LogP contribution is 2.23. The molecule has 0 radical (unpaired) electrons. The molecule has 19 heavy (non-hydrogen) atoms. The maximum Gasteiger partial charge on any atom is 0.0424 e. The fraction of sp³-hybridized carbons (Fsp3) is 0.412. The summed E-state index contributed by atoms with van der Waals surface area (Å²) in [5, 5.41) is 2.57. The van der Waals surface area contributed by atoms with Crippen LogP contribution in [0.5, 0.6) is 0 Å². The SMILES string of the molecule is CC1CCCN1CC(N)c1ccc2ccccc2c1. The van der Waals surface area contributed by atoms with Crippen molar-refractivity contribution in [3.63, 3.8) is 0 Å². The first-order valence-corrected chi connectivity index (χ1v) is 7.22. The summed E-state index contributed by atoms with van der Waals surface area (Å²) in [6.45, 7) is 4.47. The lowest BCUT2D eigenvalue weighted by Crippen LogP contribution is -2.34. The zero-order chi connectivity index (χ0) is 13.2. The van der Waals surface area contributed by atoms with Crippen molar-refractivity contribution >= 4 is 10.8 Å². The van der Waals surface area contributed by atoms with Gasteiger partial charge < -0.3 is 5.73 Å². The van der Waals surface area contributed by atoms with Gasteiger partial charge in [0, 0.05) is 18.6 Å². The van der Waals surface area contributed by atoms with E-state index < -0.39 is 0 Å². The number of likely N-dealkylation sites (tertiary alicyclic amines) is 1. The normalized spacial score (nSPS) is 21.9. The van der Waals surface area contributed by atoms with Gasteiger partial charge in [0.05, 0.1) is 0 Å². The molecule has 0 aromatic heterocycles. The fourth-order valence-corrected chi connectivity index (χ4v) is 3.06. The lowest BCUT2D eigenvalue weighted by atomic mass is 10.0. The third-order valence-electron chi connectivity index (χ3n) is 4.32. The number of benzene rings is 2. The van der Waals surface area contributed by atoms with Crippen LogP contribution in [0.4, 0.5) is 0 Å². The van der Waals surface area contributed by atoms with Gasteiger partial charge in [0.25, 0.3) is 0 Å². The number of fused-ring (bicyclic) bond motifs is 1. The monoisotopic (exact) mass is 254 g/mol. The highest BCUT2D eigenvalue weighted by molar-refractivity contribution is 5.83. The molecule has 2 heteroatoms. The van der Waals surface area contributed by atoms with E-state index in [1.165, 1.54) is 35.7 Å². The Hall–Kier alpha value is -1.38. The molecule has 2 aromatic rings. The van der Waals surface area contributed by atoms with E-state index in [0.29, 0.717) is 6.04 Å². The van der Waals surface area contributed by atoms with E-state index in [-0.39, 0.29) is 6.04 Å². The summed E-state index contributed by atoms with van der Waals surface area (Å²) in [4.78, 5) is 2.51. The van der Waals surface area contributed by atoms with Gasteiger partial charge in [-0.3, -0.25) is 4.90 Å². The van der Waals surface area contributed by atoms with Crippen LogP contribution in [0.2, 0.25) is 0 Å². The van der Waals surface area contributed by atoms with Crippen LogP contribution in [0.25, 0.3) is 10.8 Å². The van der Waals surface area contributed by atoms with E-state index in [2.05, 4.69) is 54.3 Å². The van der Waals surface area contributed by atoms with Crippen molar-refractivity contribution in [1.29, 1.82) is 0 Å². The van der Waals surface area contributed by atoms with Crippen molar-refractivity contribution in [2.45, 2.75) is 31.8 Å². The minimum Gasteiger partial charge on any atom is -0.323 e. The Morgan fingerprint density at radius 1 is 1.21 bits per heavy atom. The molecule has 1 aliphatic rings. The van der Waals surface area contributed by atoms with Crippen LogP contribution in [-0.4, -0.2) is 24.0 Å². The maximum absolute atomic E-state index is 6.39. The molecule has 0 spiro atoms. The molecular weight excluding hydrogens is 232 g/mol. The fourth-order valence-electron chi connectivity index (χ4n) is 3.06. The molecule has 0 bridgehead atoms. The molecule has 0 amide bonds. The Morgan fingerprint density at radius 3 is 2.74 bits per heavy atom. The minimum absolute atomic E-state index is 0.116. The number of rotatable bonds is 3. The highest BCUT2D eigenvalue weighted by Gasteiger charge is 2.22. The Labute approximate surface area is 115 Å². The van der Waals surface area contributed by atoms with Gasteiger partial charge in [0.2, 0.25) is 0 Å². The van der Waals surface area contributed by atoms with Crippen molar-refractivity contribution in [2.75, 3.05) is 13.1 Å². The summed E-state index contributed by atoms with van der Waals surface area (Å²) >= 11 is 0. The third kappa shape index (κ3) is 2.65. The topological polar surface area (TPSA) is 29.3 Å². The van der Waals surface area contributed by atoms with E-state index in [0.717, 1.165) is 6.54 Å². The van der Waals surface area contributed by atoms with Gasteiger partial charge in [-0.2, -0.15) is 0 Å². The van der Waals surface area contributed by atoms with Crippen LogP contribution in [-0.2, 0) is 0 Å². The lowest BCUT2D eigenvalue weighted by molar-refractivity contribution is 0.252. The predicted octanol–water partition coefficient (Wildman–Crippen LogP) is 3.32. The molecule has 2 nitrogen and oxygen atoms in total. The summed E-state index contributed by atoms with van der Waals surface area (Å²) < 4.78 is 0. The maximum atomic E-state index is 6.39. The molecule has 3 rings (SSSR count). The van der Waals surface area contributed by atoms with Crippen LogP contribution in [0.3, 0.4) is 0 Å². The molecular formula is C17H22N2. The van der Waals surface area contributed by atoms with Gasteiger partial charge in [-0.25, -0.2) is 0 Å². The van der Waals surface area contributed by atoms with Gasteiger partial charge in [-0.05, 0) is 48.7 Å². The summed E-state index contributed by atoms with van der Waals surface area (Å²) in [5.74, 6) is 0. The van der Waals surface area contributed by atoms with Crippen LogP contribution < -0.4 is 5.73 Å². The second kappa shape index (κ2) is 5.32. The summed E-state index contributed by atoms with van der Waals surface area (Å²) in [6, 6.07) is 15.9. The third-order valence-corrected chi connectivity index (χ3v) is 4.32. The average molecular weight is 254 g/mol. The van der Waals surface area contributed by atoms with E-state index in [1.54, 1.807) is 0 Å². The molecule has 2 unspecified atom stereocenters. The van der Waals surface area contributed by atoms with Crippen molar-refractivity contribution in [1.82, 2.24) is 4.90 Å². The molecule has 0 saturated carbocycles. The molecule has 2 atom stereocenters. The number of hydrogen-bond donors (Lipinski definition) is 1. The van der Waals surface area contributed by atoms with E-state index in [1.807, 2.05) is 0 Å². The van der Waals surface area contributed by atoms with Crippen molar-refractivity contribution in [3.8, 4) is 0 Å². The van der Waals surface area contributed by atoms with Gasteiger partial charge in [-0.15, -0.1) is 0 Å². The Bertz CT molecular complexity index is 564. The molecule has 1 saturated heterocycles. The Morgan fingerprint density at radius 2 is 2.00 bits per heavy atom. The Kier molecular flexibility index (Phi) is 3.54. The van der Waals surface area contributed by atoms with Crippen LogP contribution >= 0.6 is 0 Å². The van der Waals surface area contributed by atoms with E-state index >= 15 is 0 Å². The molecule has 1 aliphatic heterocycles. The zero-order valence-corrected chi connectivity index (χ0v) is 11.5. The second-order valence-corrected chi connectivity index (χ2v) is 5.70. The highest BCUT2D eigenvalue weighted by atomic mass is 15.2. The molecule has 0 aliphatic carbocycles. The average Bonchev–Trinajstić information content (AvgIpc) is 2.84. The predicted molar refractivity (Wildman–Crippen MR) is 81.1 cm³/mol. The number of nitrogens with zero attached hydrogens (tertiary/aromatic N) is 1. The first kappa shape index (κ1) is 12.6. The summed E-state index contributed by atoms with van der Waals surface area (Å²) in [5.41, 5.74) is 7.63. The van der Waals surface area contributed by atoms with Gasteiger partial charge >= 0.3 is 0 Å². The largest absolute Gasteiger partial charge is 0.323 e. The molecule has 100 valence electrons. The van der Waals surface area contributed by atoms with Gasteiger partial charge in [0.15, 0.2) is 0 Å². The first-order valence-electron chi connectivity index (χ1n) is 7.22. The Balaban J connectivity index is 1.79. The van der Waals surface area contributed by atoms with Crippen LogP contribution in [0.15, 0.2) is 42.5 Å². The van der Waals surface area contributed by atoms with Crippen LogP contribution in [0, 0.1) is 0 Å². The van der Waals surface area contributed by atoms with E-state index in [4.69, 9.17) is 5.73 Å². The number of hydrogen-bond acceptors (Lipinski definition) is 2. The van der Waals surface area contributed by atoms with Gasteiger partial charge in [-0.1, -0.05) is 36.4 Å². The molecule has 1 fully saturated rings. The molecule has 2 aromatic carbocycles. The molecule has 1 heterocycles. The van der Waals surface area contributed by atoms with Crippen molar-refractivity contribution in [2.24, 2.45) is 5.73 Å². The quantitative estimate of drug-likeness (QED) is 0.910. The number of nitrogens with two attached hydrogens (primary N) is 1. The van der Waals surface area contributed by atoms with E-state index in [9.17, 15) is 0 Å². The first-order chi connectivity index (χ1) is 9.24. The van der Waals surface area contributed by atoms with Gasteiger partial charge in [0.1, 0.15) is 0 Å². The molecule has 2 N–H and O–H groups in total. The van der Waals surface area contributed by atoms with Crippen LogP contribution in [0.1, 0.15) is 31.4 Å². The smallest absolute Gasteiger partial charge is 0.0424 e. The minimum atomic E-state index is 0.116. The lowest BCUT2D eigenvalue weighted by Gasteiger charge is -2.25. The van der Waals surface area contributed by atoms with Crippen molar-refractivity contribution < 1.29 is 0 Å². The standard InChI is InChI=1S/C17H22N2/c1-13-5-4-10-19(13)12-17(18)16-9-8-14-6-2-3-7-15(14)11-16/h2-3,6-9,11,13,17H,4-5,10,12,18H2,1H3. The second-order valence-electron chi connectivity index (χ2n) is 5.70. The van der Waals surface area contributed by atoms with Crippen molar-refractivity contribution in [3.05, 3.63) is 48.0 Å². The summed E-state index contributed by atoms with van der Waals surface area (Å²) in [7, 11) is 0. The zero-order valence-electron chi connectivity index (χ0n) is 11.5.